The number of phenolic OH excluding ortho intramolecular Hbond substituents is 1. The Labute approximate surface area is 119 Å². The van der Waals surface area contributed by atoms with Gasteiger partial charge in [-0.05, 0) is 22.0 Å². The number of hydrogen-bond acceptors (Lipinski definition) is 1. The molecule has 0 unspecified atom stereocenters. The van der Waals surface area contributed by atoms with Crippen LogP contribution in [0.3, 0.4) is 0 Å². The van der Waals surface area contributed by atoms with Crippen molar-refractivity contribution in [1.82, 2.24) is 0 Å². The first-order chi connectivity index (χ1) is 6.64. The predicted molar refractivity (Wildman–Crippen MR) is 71.3 cm³/mol. The zero-order chi connectivity index (χ0) is 11.9. The van der Waals surface area contributed by atoms with E-state index in [-0.39, 0.29) is 38.1 Å². The van der Waals surface area contributed by atoms with Crippen LogP contribution in [0.4, 0.5) is 0 Å². The van der Waals surface area contributed by atoms with Gasteiger partial charge in [0.1, 0.15) is 5.75 Å². The minimum Gasteiger partial charge on any atom is -0.507 e. The molecule has 2 heteroatoms. The normalized spacial score (nSPS) is 12.1. The zero-order valence-electron chi connectivity index (χ0n) is 11.3. The summed E-state index contributed by atoms with van der Waals surface area (Å²) in [7, 11) is 0. The van der Waals surface area contributed by atoms with Crippen LogP contribution in [0.25, 0.3) is 0 Å². The van der Waals surface area contributed by atoms with Gasteiger partial charge in [0.2, 0.25) is 0 Å². The third-order valence-corrected chi connectivity index (χ3v) is 2.65. The molecule has 1 aromatic carbocycles. The number of benzene rings is 1. The standard InChI is InChI=1S/C14H22O.Tl/c1-13(2,3)10-8-7-9-11(12(10)15)14(4,5)6;/h7-9,15H,1-6H3;. The summed E-state index contributed by atoms with van der Waals surface area (Å²) in [6.07, 6.45) is 0. The fraction of sp³-hybridized carbons (Fsp3) is 0.571. The number of phenols is 1. The van der Waals surface area contributed by atoms with E-state index in [4.69, 9.17) is 0 Å². The molecular formula is C14H22OTl. The molecule has 1 nitrogen and oxygen atoms in total. The second-order valence-electron chi connectivity index (χ2n) is 6.20. The molecule has 0 aliphatic rings. The Morgan fingerprint density at radius 2 is 1.12 bits per heavy atom. The number of para-hydroxylation sites is 1. The predicted octanol–water partition coefficient (Wildman–Crippen LogP) is 3.61. The molecule has 0 fully saturated rings. The number of hydrogen-bond donors (Lipinski definition) is 1. The Morgan fingerprint density at radius 3 is 1.38 bits per heavy atom. The largest absolute Gasteiger partial charge is 0.507 e. The maximum atomic E-state index is 10.3. The van der Waals surface area contributed by atoms with Gasteiger partial charge in [-0.25, -0.2) is 0 Å². The van der Waals surface area contributed by atoms with Crippen LogP contribution in [-0.4, -0.2) is 32.4 Å². The van der Waals surface area contributed by atoms with E-state index in [2.05, 4.69) is 41.5 Å². The van der Waals surface area contributed by atoms with Crippen LogP contribution in [-0.2, 0) is 10.8 Å². The molecule has 87 valence electrons. The fourth-order valence-electron chi connectivity index (χ4n) is 1.75. The summed E-state index contributed by atoms with van der Waals surface area (Å²) >= 11 is 0. The van der Waals surface area contributed by atoms with Gasteiger partial charge < -0.3 is 5.11 Å². The fourth-order valence-corrected chi connectivity index (χ4v) is 1.75. The molecule has 0 heterocycles. The van der Waals surface area contributed by atoms with Crippen molar-refractivity contribution in [2.75, 3.05) is 0 Å². The molecule has 1 rings (SSSR count). The van der Waals surface area contributed by atoms with Gasteiger partial charge in [-0.15, -0.1) is 0 Å². The Morgan fingerprint density at radius 1 is 0.812 bits per heavy atom. The molecule has 0 aromatic heterocycles. The summed E-state index contributed by atoms with van der Waals surface area (Å²) in [5, 5.41) is 10.3. The van der Waals surface area contributed by atoms with Crippen molar-refractivity contribution >= 4 is 27.3 Å². The first kappa shape index (κ1) is 15.9. The van der Waals surface area contributed by atoms with Crippen molar-refractivity contribution in [1.29, 1.82) is 0 Å². The van der Waals surface area contributed by atoms with Crippen molar-refractivity contribution in [3.8, 4) is 5.75 Å². The van der Waals surface area contributed by atoms with E-state index in [0.717, 1.165) is 11.1 Å². The smallest absolute Gasteiger partial charge is 0.123 e. The van der Waals surface area contributed by atoms with Gasteiger partial charge in [0.25, 0.3) is 0 Å². The minimum absolute atomic E-state index is 0. The monoisotopic (exact) mass is 411 g/mol. The van der Waals surface area contributed by atoms with Crippen LogP contribution < -0.4 is 0 Å². The molecule has 16 heavy (non-hydrogen) atoms. The topological polar surface area (TPSA) is 20.2 Å². The van der Waals surface area contributed by atoms with Crippen molar-refractivity contribution in [2.45, 2.75) is 52.4 Å². The molecule has 1 radical (unpaired) electrons. The third kappa shape index (κ3) is 3.47. The van der Waals surface area contributed by atoms with Crippen molar-refractivity contribution in [3.63, 3.8) is 0 Å². The summed E-state index contributed by atoms with van der Waals surface area (Å²) in [6.45, 7) is 12.7. The zero-order valence-corrected chi connectivity index (χ0v) is 15.7. The van der Waals surface area contributed by atoms with E-state index >= 15 is 0 Å². The Kier molecular flexibility index (Phi) is 5.05. The van der Waals surface area contributed by atoms with Gasteiger partial charge in [0.05, 0.1) is 0 Å². The van der Waals surface area contributed by atoms with E-state index in [1.165, 1.54) is 0 Å². The van der Waals surface area contributed by atoms with E-state index < -0.39 is 0 Å². The molecule has 1 N–H and O–H groups in total. The van der Waals surface area contributed by atoms with E-state index in [9.17, 15) is 5.11 Å². The van der Waals surface area contributed by atoms with Crippen LogP contribution in [0.15, 0.2) is 18.2 Å². The van der Waals surface area contributed by atoms with Crippen LogP contribution in [0, 0.1) is 0 Å². The van der Waals surface area contributed by atoms with E-state index in [1.807, 2.05) is 18.2 Å². The number of aromatic hydroxyl groups is 1. The van der Waals surface area contributed by atoms with Crippen LogP contribution in [0.5, 0.6) is 5.75 Å². The molecule has 0 saturated carbocycles. The average molecular weight is 411 g/mol. The first-order valence-electron chi connectivity index (χ1n) is 5.47. The molecule has 0 bridgehead atoms. The molecule has 1 aromatic rings. The van der Waals surface area contributed by atoms with Gasteiger partial charge in [-0.1, -0.05) is 59.7 Å². The Bertz CT molecular complexity index is 324. The van der Waals surface area contributed by atoms with Gasteiger partial charge in [-0.3, -0.25) is 0 Å². The van der Waals surface area contributed by atoms with Gasteiger partial charge in [0.15, 0.2) is 0 Å². The second-order valence-corrected chi connectivity index (χ2v) is 6.20. The first-order valence-corrected chi connectivity index (χ1v) is 5.47. The Balaban J connectivity index is 0.00000225. The van der Waals surface area contributed by atoms with E-state index in [0.29, 0.717) is 5.75 Å². The molecule has 0 amide bonds. The summed E-state index contributed by atoms with van der Waals surface area (Å²) in [5.74, 6) is 0.456. The van der Waals surface area contributed by atoms with Crippen LogP contribution in [0.2, 0.25) is 0 Å². The summed E-state index contributed by atoms with van der Waals surface area (Å²) in [5.41, 5.74) is 2.03. The molecule has 0 atom stereocenters. The average Bonchev–Trinajstić information content (AvgIpc) is 1.99. The van der Waals surface area contributed by atoms with Gasteiger partial charge >= 0.3 is 0 Å². The summed E-state index contributed by atoms with van der Waals surface area (Å²) in [6, 6.07) is 6.04. The maximum Gasteiger partial charge on any atom is 0.123 e. The molecular weight excluding hydrogens is 389 g/mol. The van der Waals surface area contributed by atoms with Crippen LogP contribution >= 0.6 is 0 Å². The molecule has 0 aliphatic heterocycles. The van der Waals surface area contributed by atoms with E-state index in [1.54, 1.807) is 0 Å². The van der Waals surface area contributed by atoms with Crippen molar-refractivity contribution in [2.24, 2.45) is 0 Å². The number of rotatable bonds is 0. The molecule has 0 spiro atoms. The summed E-state index contributed by atoms with van der Waals surface area (Å²) < 4.78 is 0. The SMILES string of the molecule is CC(C)(C)c1cccc(C(C)(C)C)c1O.[Tl]. The third-order valence-electron chi connectivity index (χ3n) is 2.65. The molecule has 0 saturated heterocycles. The summed E-state index contributed by atoms with van der Waals surface area (Å²) in [4.78, 5) is 0. The van der Waals surface area contributed by atoms with Gasteiger partial charge in [0, 0.05) is 27.3 Å². The van der Waals surface area contributed by atoms with Gasteiger partial charge in [-0.2, -0.15) is 0 Å². The van der Waals surface area contributed by atoms with Crippen LogP contribution in [0.1, 0.15) is 52.7 Å². The maximum absolute atomic E-state index is 10.3. The van der Waals surface area contributed by atoms with Crippen molar-refractivity contribution < 1.29 is 5.11 Å². The van der Waals surface area contributed by atoms with Crippen molar-refractivity contribution in [3.05, 3.63) is 29.3 Å². The Hall–Kier alpha value is -0.0579. The quantitative estimate of drug-likeness (QED) is 0.648. The minimum atomic E-state index is -0.00859. The second kappa shape index (κ2) is 5.07. The molecule has 0 aliphatic carbocycles.